The van der Waals surface area contributed by atoms with Crippen molar-refractivity contribution in [2.24, 2.45) is 7.05 Å². The Hall–Kier alpha value is -1.88. The van der Waals surface area contributed by atoms with Crippen molar-refractivity contribution in [2.75, 3.05) is 6.54 Å². The lowest BCUT2D eigenvalue weighted by molar-refractivity contribution is 0.445. The first kappa shape index (κ1) is 14.5. The average molecular weight is 277 g/mol. The van der Waals surface area contributed by atoms with Crippen molar-refractivity contribution in [1.29, 1.82) is 0 Å². The predicted molar refractivity (Wildman–Crippen MR) is 76.4 cm³/mol. The predicted octanol–water partition coefficient (Wildman–Crippen LogP) is 3.41. The van der Waals surface area contributed by atoms with E-state index in [4.69, 9.17) is 4.74 Å². The summed E-state index contributed by atoms with van der Waals surface area (Å²) in [6.07, 6.45) is 4.36. The van der Waals surface area contributed by atoms with E-state index in [1.54, 1.807) is 29.2 Å². The highest BCUT2D eigenvalue weighted by molar-refractivity contribution is 5.39. The fraction of sp³-hybridized carbons (Fsp3) is 0.400. The third-order valence-electron chi connectivity index (χ3n) is 3.06. The summed E-state index contributed by atoms with van der Waals surface area (Å²) in [6.45, 7) is 4.85. The second kappa shape index (κ2) is 6.52. The van der Waals surface area contributed by atoms with Gasteiger partial charge < -0.3 is 10.1 Å². The minimum Gasteiger partial charge on any atom is -0.454 e. The molecule has 1 aromatic carbocycles. The molecule has 0 fully saturated rings. The molecule has 0 amide bonds. The molecule has 0 aliphatic rings. The second-order valence-electron chi connectivity index (χ2n) is 4.78. The molecule has 0 radical (unpaired) electrons. The summed E-state index contributed by atoms with van der Waals surface area (Å²) < 4.78 is 21.5. The van der Waals surface area contributed by atoms with E-state index in [2.05, 4.69) is 17.3 Å². The molecule has 20 heavy (non-hydrogen) atoms. The highest BCUT2D eigenvalue weighted by Crippen LogP contribution is 2.31. The molecule has 0 spiro atoms. The summed E-state index contributed by atoms with van der Waals surface area (Å²) in [4.78, 5) is 0. The van der Waals surface area contributed by atoms with E-state index in [9.17, 15) is 4.39 Å². The molecule has 1 heterocycles. The minimum atomic E-state index is -0.262. The van der Waals surface area contributed by atoms with Crippen molar-refractivity contribution in [2.45, 2.75) is 26.3 Å². The van der Waals surface area contributed by atoms with E-state index in [-0.39, 0.29) is 11.9 Å². The normalized spacial score (nSPS) is 12.4. The molecule has 1 unspecified atom stereocenters. The van der Waals surface area contributed by atoms with Crippen molar-refractivity contribution in [3.63, 3.8) is 0 Å². The second-order valence-corrected chi connectivity index (χ2v) is 4.78. The van der Waals surface area contributed by atoms with Crippen LogP contribution in [-0.4, -0.2) is 16.3 Å². The molecule has 1 N–H and O–H groups in total. The lowest BCUT2D eigenvalue weighted by Crippen LogP contribution is -2.20. The molecule has 1 atom stereocenters. The van der Waals surface area contributed by atoms with Gasteiger partial charge >= 0.3 is 0 Å². The van der Waals surface area contributed by atoms with Gasteiger partial charge in [-0.05, 0) is 32.0 Å². The van der Waals surface area contributed by atoms with Crippen LogP contribution in [0.25, 0.3) is 0 Å². The van der Waals surface area contributed by atoms with E-state index in [1.165, 1.54) is 6.07 Å². The van der Waals surface area contributed by atoms with E-state index in [0.717, 1.165) is 13.0 Å². The number of hydrogen-bond acceptors (Lipinski definition) is 3. The van der Waals surface area contributed by atoms with Gasteiger partial charge in [-0.2, -0.15) is 5.10 Å². The van der Waals surface area contributed by atoms with Crippen LogP contribution in [-0.2, 0) is 7.05 Å². The topological polar surface area (TPSA) is 39.1 Å². The number of halogens is 1. The number of nitrogens with zero attached hydrogens (tertiary/aromatic N) is 2. The van der Waals surface area contributed by atoms with Crippen LogP contribution in [0.15, 0.2) is 30.6 Å². The Morgan fingerprint density at radius 1 is 1.45 bits per heavy atom. The zero-order valence-corrected chi connectivity index (χ0v) is 12.1. The number of rotatable bonds is 6. The summed E-state index contributed by atoms with van der Waals surface area (Å²) in [7, 11) is 1.81. The van der Waals surface area contributed by atoms with Gasteiger partial charge in [0.15, 0.2) is 5.75 Å². The number of hydrogen-bond donors (Lipinski definition) is 1. The Morgan fingerprint density at radius 2 is 2.25 bits per heavy atom. The molecule has 5 heteroatoms. The van der Waals surface area contributed by atoms with Crippen molar-refractivity contribution in [3.05, 3.63) is 42.0 Å². The van der Waals surface area contributed by atoms with E-state index in [0.29, 0.717) is 17.1 Å². The van der Waals surface area contributed by atoms with Crippen LogP contribution in [0.3, 0.4) is 0 Å². The SMILES string of the molecule is CCCNC(C)c1c(F)cccc1Oc1cnn(C)c1. The van der Waals surface area contributed by atoms with Gasteiger partial charge in [0.2, 0.25) is 0 Å². The van der Waals surface area contributed by atoms with Gasteiger partial charge in [-0.25, -0.2) is 4.39 Å². The molecule has 0 aliphatic carbocycles. The van der Waals surface area contributed by atoms with Gasteiger partial charge in [0.05, 0.1) is 12.4 Å². The molecule has 0 saturated carbocycles. The molecule has 0 bridgehead atoms. The van der Waals surface area contributed by atoms with Gasteiger partial charge in [-0.1, -0.05) is 13.0 Å². The molecule has 4 nitrogen and oxygen atoms in total. The lowest BCUT2D eigenvalue weighted by Gasteiger charge is -2.18. The van der Waals surface area contributed by atoms with Crippen LogP contribution in [0.5, 0.6) is 11.5 Å². The maximum absolute atomic E-state index is 14.1. The first-order chi connectivity index (χ1) is 9.61. The maximum Gasteiger partial charge on any atom is 0.165 e. The molecular formula is C15H20FN3O. The van der Waals surface area contributed by atoms with Crippen molar-refractivity contribution in [1.82, 2.24) is 15.1 Å². The fourth-order valence-electron chi connectivity index (χ4n) is 2.07. The van der Waals surface area contributed by atoms with Gasteiger partial charge in [0, 0.05) is 18.7 Å². The van der Waals surface area contributed by atoms with Gasteiger partial charge in [-0.3, -0.25) is 4.68 Å². The lowest BCUT2D eigenvalue weighted by atomic mass is 10.1. The largest absolute Gasteiger partial charge is 0.454 e. The van der Waals surface area contributed by atoms with Crippen LogP contribution < -0.4 is 10.1 Å². The Bertz CT molecular complexity index is 568. The average Bonchev–Trinajstić information content (AvgIpc) is 2.81. The van der Waals surface area contributed by atoms with Gasteiger partial charge in [0.1, 0.15) is 11.6 Å². The van der Waals surface area contributed by atoms with Crippen molar-refractivity contribution in [3.8, 4) is 11.5 Å². The molecular weight excluding hydrogens is 257 g/mol. The zero-order chi connectivity index (χ0) is 14.5. The van der Waals surface area contributed by atoms with E-state index >= 15 is 0 Å². The Morgan fingerprint density at radius 3 is 2.90 bits per heavy atom. The minimum absolute atomic E-state index is 0.108. The van der Waals surface area contributed by atoms with Crippen molar-refractivity contribution >= 4 is 0 Å². The van der Waals surface area contributed by atoms with E-state index < -0.39 is 0 Å². The van der Waals surface area contributed by atoms with E-state index in [1.807, 2.05) is 14.0 Å². The fourth-order valence-corrected chi connectivity index (χ4v) is 2.07. The first-order valence-corrected chi connectivity index (χ1v) is 6.80. The van der Waals surface area contributed by atoms with Gasteiger partial charge in [0.25, 0.3) is 0 Å². The number of aryl methyl sites for hydroxylation is 1. The summed E-state index contributed by atoms with van der Waals surface area (Å²) in [5.74, 6) is 0.860. The molecule has 2 rings (SSSR count). The number of benzene rings is 1. The van der Waals surface area contributed by atoms with Gasteiger partial charge in [-0.15, -0.1) is 0 Å². The highest BCUT2D eigenvalue weighted by Gasteiger charge is 2.17. The first-order valence-electron chi connectivity index (χ1n) is 6.80. The Kier molecular flexibility index (Phi) is 4.74. The molecule has 0 aliphatic heterocycles. The summed E-state index contributed by atoms with van der Waals surface area (Å²) in [5.41, 5.74) is 0.546. The van der Waals surface area contributed by atoms with Crippen LogP contribution in [0.2, 0.25) is 0 Å². The number of nitrogens with one attached hydrogen (secondary N) is 1. The third-order valence-corrected chi connectivity index (χ3v) is 3.06. The Balaban J connectivity index is 2.25. The molecule has 2 aromatic rings. The third kappa shape index (κ3) is 3.36. The summed E-state index contributed by atoms with van der Waals surface area (Å²) in [6, 6.07) is 4.77. The smallest absolute Gasteiger partial charge is 0.165 e. The monoisotopic (exact) mass is 277 g/mol. The van der Waals surface area contributed by atoms with Crippen LogP contribution in [0.4, 0.5) is 4.39 Å². The standard InChI is InChI=1S/C15H20FN3O/c1-4-8-17-11(2)15-13(16)6-5-7-14(15)20-12-9-18-19(3)10-12/h5-7,9-11,17H,4,8H2,1-3H3. The molecule has 1 aromatic heterocycles. The summed E-state index contributed by atoms with van der Waals surface area (Å²) in [5, 5.41) is 7.32. The quantitative estimate of drug-likeness (QED) is 0.879. The van der Waals surface area contributed by atoms with Crippen LogP contribution >= 0.6 is 0 Å². The van der Waals surface area contributed by atoms with Crippen molar-refractivity contribution < 1.29 is 9.13 Å². The summed E-state index contributed by atoms with van der Waals surface area (Å²) >= 11 is 0. The Labute approximate surface area is 118 Å². The zero-order valence-electron chi connectivity index (χ0n) is 12.1. The number of aromatic nitrogens is 2. The number of ether oxygens (including phenoxy) is 1. The van der Waals surface area contributed by atoms with Crippen LogP contribution in [0.1, 0.15) is 31.9 Å². The highest BCUT2D eigenvalue weighted by atomic mass is 19.1. The maximum atomic E-state index is 14.1. The molecule has 0 saturated heterocycles. The molecule has 108 valence electrons. The van der Waals surface area contributed by atoms with Crippen LogP contribution in [0, 0.1) is 5.82 Å².